The van der Waals surface area contributed by atoms with Gasteiger partial charge >= 0.3 is 5.97 Å². The van der Waals surface area contributed by atoms with Gasteiger partial charge in [0.25, 0.3) is 0 Å². The smallest absolute Gasteiger partial charge is 0.314 e. The molecule has 7 nitrogen and oxygen atoms in total. The standard InChI is InChI=1S/C20H30N4O3/c1-20(22-16-25,15-19(26)27-18-5-3-2-4-6-18)24-13-11-23(12-14-24)17-7-9-21-10-8-17/h2-6,16-17,21H,7-15H2,1H3,(H,22,25). The lowest BCUT2D eigenvalue weighted by atomic mass is 10.0. The SMILES string of the molecule is CC(CC(=O)Oc1ccccc1)(NC=O)N1CCN(C2CCNCC2)CC1. The topological polar surface area (TPSA) is 73.9 Å². The van der Waals surface area contributed by atoms with Gasteiger partial charge in [-0.1, -0.05) is 18.2 Å². The molecule has 0 aliphatic carbocycles. The molecule has 1 aromatic carbocycles. The second-order valence-corrected chi connectivity index (χ2v) is 7.50. The molecule has 0 bridgehead atoms. The molecule has 2 saturated heterocycles. The second kappa shape index (κ2) is 9.30. The van der Waals surface area contributed by atoms with Crippen LogP contribution in [0.4, 0.5) is 0 Å². The van der Waals surface area contributed by atoms with E-state index >= 15 is 0 Å². The summed E-state index contributed by atoms with van der Waals surface area (Å²) in [5.41, 5.74) is -0.742. The average molecular weight is 374 g/mol. The van der Waals surface area contributed by atoms with Gasteiger partial charge in [-0.2, -0.15) is 0 Å². The third kappa shape index (κ3) is 5.28. The normalized spacial score (nSPS) is 22.0. The van der Waals surface area contributed by atoms with E-state index in [4.69, 9.17) is 4.74 Å². The summed E-state index contributed by atoms with van der Waals surface area (Å²) in [6.07, 6.45) is 3.16. The first-order valence-corrected chi connectivity index (χ1v) is 9.77. The van der Waals surface area contributed by atoms with Gasteiger partial charge in [0, 0.05) is 32.2 Å². The zero-order valence-electron chi connectivity index (χ0n) is 16.0. The molecule has 2 fully saturated rings. The van der Waals surface area contributed by atoms with Gasteiger partial charge in [0.1, 0.15) is 11.4 Å². The third-order valence-electron chi connectivity index (χ3n) is 5.67. The second-order valence-electron chi connectivity index (χ2n) is 7.50. The molecule has 0 aromatic heterocycles. The van der Waals surface area contributed by atoms with Crippen molar-refractivity contribution in [2.24, 2.45) is 0 Å². The summed E-state index contributed by atoms with van der Waals surface area (Å²) >= 11 is 0. The van der Waals surface area contributed by atoms with Gasteiger partial charge in [-0.05, 0) is 45.0 Å². The van der Waals surface area contributed by atoms with Crippen LogP contribution in [0.5, 0.6) is 5.75 Å². The molecule has 1 amide bonds. The highest BCUT2D eigenvalue weighted by molar-refractivity contribution is 5.74. The molecule has 2 aliphatic rings. The third-order valence-corrected chi connectivity index (χ3v) is 5.67. The van der Waals surface area contributed by atoms with Gasteiger partial charge in [-0.15, -0.1) is 0 Å². The number of hydrogen-bond acceptors (Lipinski definition) is 6. The lowest BCUT2D eigenvalue weighted by Gasteiger charge is -2.47. The monoisotopic (exact) mass is 374 g/mol. The minimum atomic E-state index is -0.742. The van der Waals surface area contributed by atoms with E-state index in [-0.39, 0.29) is 12.4 Å². The van der Waals surface area contributed by atoms with Crippen molar-refractivity contribution in [2.45, 2.75) is 37.9 Å². The Morgan fingerprint density at radius 1 is 1.22 bits per heavy atom. The van der Waals surface area contributed by atoms with Gasteiger partial charge in [0.15, 0.2) is 0 Å². The largest absolute Gasteiger partial charge is 0.426 e. The highest BCUT2D eigenvalue weighted by Crippen LogP contribution is 2.22. The van der Waals surface area contributed by atoms with Gasteiger partial charge in [-0.3, -0.25) is 19.4 Å². The van der Waals surface area contributed by atoms with Crippen molar-refractivity contribution in [2.75, 3.05) is 39.3 Å². The molecule has 2 aliphatic heterocycles. The quantitative estimate of drug-likeness (QED) is 0.418. The number of carbonyl (C=O) groups excluding carboxylic acids is 2. The molecule has 148 valence electrons. The molecule has 7 heteroatoms. The summed E-state index contributed by atoms with van der Waals surface area (Å²) < 4.78 is 5.42. The molecule has 0 saturated carbocycles. The Hall–Kier alpha value is -1.96. The summed E-state index contributed by atoms with van der Waals surface area (Å²) in [7, 11) is 0. The summed E-state index contributed by atoms with van der Waals surface area (Å²) in [6.45, 7) is 7.61. The van der Waals surface area contributed by atoms with E-state index in [2.05, 4.69) is 20.4 Å². The van der Waals surface area contributed by atoms with Crippen molar-refractivity contribution in [1.82, 2.24) is 20.4 Å². The highest BCUT2D eigenvalue weighted by atomic mass is 16.5. The fourth-order valence-electron chi connectivity index (χ4n) is 4.07. The van der Waals surface area contributed by atoms with Crippen molar-refractivity contribution < 1.29 is 14.3 Å². The van der Waals surface area contributed by atoms with Crippen LogP contribution in [0.2, 0.25) is 0 Å². The van der Waals surface area contributed by atoms with Crippen LogP contribution >= 0.6 is 0 Å². The Kier molecular flexibility index (Phi) is 6.82. The number of nitrogens with zero attached hydrogens (tertiary/aromatic N) is 2. The number of piperazine rings is 1. The van der Waals surface area contributed by atoms with E-state index in [1.807, 2.05) is 25.1 Å². The van der Waals surface area contributed by atoms with Gasteiger partial charge in [0.2, 0.25) is 6.41 Å². The number of piperidine rings is 1. The first-order chi connectivity index (χ1) is 13.1. The maximum atomic E-state index is 12.4. The number of carbonyl (C=O) groups is 2. The number of amides is 1. The van der Waals surface area contributed by atoms with Crippen LogP contribution < -0.4 is 15.4 Å². The van der Waals surface area contributed by atoms with Crippen LogP contribution in [-0.2, 0) is 9.59 Å². The van der Waals surface area contributed by atoms with E-state index in [9.17, 15) is 9.59 Å². The van der Waals surface area contributed by atoms with Crippen LogP contribution in [0.15, 0.2) is 30.3 Å². The molecule has 2 heterocycles. The summed E-state index contributed by atoms with van der Waals surface area (Å²) in [4.78, 5) is 28.4. The predicted molar refractivity (Wildman–Crippen MR) is 103 cm³/mol. The highest BCUT2D eigenvalue weighted by Gasteiger charge is 2.37. The molecule has 3 rings (SSSR count). The first-order valence-electron chi connectivity index (χ1n) is 9.77. The number of para-hydroxylation sites is 1. The molecule has 0 radical (unpaired) electrons. The van der Waals surface area contributed by atoms with Crippen molar-refractivity contribution in [1.29, 1.82) is 0 Å². The van der Waals surface area contributed by atoms with E-state index in [1.165, 1.54) is 12.8 Å². The van der Waals surface area contributed by atoms with Crippen LogP contribution in [0.25, 0.3) is 0 Å². The fraction of sp³-hybridized carbons (Fsp3) is 0.600. The number of esters is 1. The Balaban J connectivity index is 1.57. The molecule has 1 unspecified atom stereocenters. The zero-order chi connectivity index (χ0) is 19.1. The Morgan fingerprint density at radius 3 is 2.52 bits per heavy atom. The van der Waals surface area contributed by atoms with Crippen LogP contribution in [0.3, 0.4) is 0 Å². The zero-order valence-corrected chi connectivity index (χ0v) is 16.0. The van der Waals surface area contributed by atoms with Gasteiger partial charge < -0.3 is 15.4 Å². The van der Waals surface area contributed by atoms with Crippen molar-refractivity contribution in [3.05, 3.63) is 30.3 Å². The number of hydrogen-bond donors (Lipinski definition) is 2. The molecular weight excluding hydrogens is 344 g/mol. The Morgan fingerprint density at radius 2 is 1.89 bits per heavy atom. The predicted octanol–water partition coefficient (Wildman–Crippen LogP) is 0.814. The van der Waals surface area contributed by atoms with Gasteiger partial charge in [-0.25, -0.2) is 0 Å². The molecule has 1 atom stereocenters. The van der Waals surface area contributed by atoms with Crippen LogP contribution in [0.1, 0.15) is 26.2 Å². The minimum absolute atomic E-state index is 0.105. The van der Waals surface area contributed by atoms with E-state index in [0.717, 1.165) is 39.3 Å². The maximum absolute atomic E-state index is 12.4. The fourth-order valence-corrected chi connectivity index (χ4v) is 4.07. The number of nitrogens with one attached hydrogen (secondary N) is 2. The number of benzene rings is 1. The minimum Gasteiger partial charge on any atom is -0.426 e. The van der Waals surface area contributed by atoms with E-state index in [0.29, 0.717) is 18.2 Å². The van der Waals surface area contributed by atoms with Crippen LogP contribution in [0, 0.1) is 0 Å². The average Bonchev–Trinajstić information content (AvgIpc) is 2.69. The lowest BCUT2D eigenvalue weighted by molar-refractivity contribution is -0.139. The Labute approximate surface area is 161 Å². The van der Waals surface area contributed by atoms with Crippen LogP contribution in [-0.4, -0.2) is 73.2 Å². The van der Waals surface area contributed by atoms with Crippen molar-refractivity contribution in [3.8, 4) is 5.75 Å². The molecule has 1 aromatic rings. The number of ether oxygens (including phenoxy) is 1. The summed E-state index contributed by atoms with van der Waals surface area (Å²) in [5.74, 6) is 0.172. The van der Waals surface area contributed by atoms with Crippen molar-refractivity contribution >= 4 is 12.4 Å². The molecule has 0 spiro atoms. The first kappa shape index (κ1) is 19.8. The summed E-state index contributed by atoms with van der Waals surface area (Å²) in [5, 5.41) is 6.26. The molecule has 27 heavy (non-hydrogen) atoms. The lowest BCUT2D eigenvalue weighted by Crippen LogP contribution is -2.64. The number of rotatable bonds is 7. The van der Waals surface area contributed by atoms with E-state index < -0.39 is 5.66 Å². The molecule has 2 N–H and O–H groups in total. The van der Waals surface area contributed by atoms with Crippen molar-refractivity contribution in [3.63, 3.8) is 0 Å². The van der Waals surface area contributed by atoms with E-state index in [1.54, 1.807) is 12.1 Å². The molecular formula is C20H30N4O3. The maximum Gasteiger partial charge on any atom is 0.314 e. The Bertz CT molecular complexity index is 613. The summed E-state index contributed by atoms with van der Waals surface area (Å²) in [6, 6.07) is 9.66. The van der Waals surface area contributed by atoms with Gasteiger partial charge in [0.05, 0.1) is 6.42 Å².